The van der Waals surface area contributed by atoms with Gasteiger partial charge in [0, 0.05) is 6.07 Å². The van der Waals surface area contributed by atoms with Gasteiger partial charge in [0.1, 0.15) is 37.1 Å². The Morgan fingerprint density at radius 2 is 2.00 bits per heavy atom. The minimum atomic E-state index is -4.52. The molecule has 10 heteroatoms. The van der Waals surface area contributed by atoms with Gasteiger partial charge in [0.25, 0.3) is 0 Å². The van der Waals surface area contributed by atoms with Crippen LogP contribution in [-0.2, 0) is 19.8 Å². The van der Waals surface area contributed by atoms with Crippen LogP contribution in [0, 0.1) is 5.82 Å². The summed E-state index contributed by atoms with van der Waals surface area (Å²) in [4.78, 5) is 4.01. The van der Waals surface area contributed by atoms with E-state index in [1.807, 2.05) is 0 Å². The van der Waals surface area contributed by atoms with Crippen molar-refractivity contribution in [2.75, 3.05) is 0 Å². The fourth-order valence-corrected chi connectivity index (χ4v) is 2.20. The molecule has 2 aromatic heterocycles. The SMILES string of the molecule is OCc1ccc(-c2nc(COc3cccc(F)c3)nn2CC(F)(F)F)o1. The third-order valence-electron chi connectivity index (χ3n) is 3.25. The topological polar surface area (TPSA) is 73.3 Å². The monoisotopic (exact) mass is 371 g/mol. The van der Waals surface area contributed by atoms with E-state index >= 15 is 0 Å². The maximum absolute atomic E-state index is 13.1. The summed E-state index contributed by atoms with van der Waals surface area (Å²) in [6.07, 6.45) is -4.52. The van der Waals surface area contributed by atoms with E-state index < -0.39 is 25.1 Å². The van der Waals surface area contributed by atoms with Crippen molar-refractivity contribution >= 4 is 0 Å². The van der Waals surface area contributed by atoms with Crippen LogP contribution in [0.25, 0.3) is 11.6 Å². The van der Waals surface area contributed by atoms with Crippen molar-refractivity contribution in [3.63, 3.8) is 0 Å². The number of rotatable bonds is 6. The van der Waals surface area contributed by atoms with Gasteiger partial charge in [-0.15, -0.1) is 0 Å². The molecule has 0 spiro atoms. The van der Waals surface area contributed by atoms with E-state index in [1.165, 1.54) is 30.3 Å². The highest BCUT2D eigenvalue weighted by Gasteiger charge is 2.31. The lowest BCUT2D eigenvalue weighted by Crippen LogP contribution is -2.19. The van der Waals surface area contributed by atoms with Crippen LogP contribution in [-0.4, -0.2) is 26.0 Å². The minimum absolute atomic E-state index is 0.0304. The second-order valence-electron chi connectivity index (χ2n) is 5.29. The third-order valence-corrected chi connectivity index (χ3v) is 3.25. The smallest absolute Gasteiger partial charge is 0.408 e. The molecule has 1 aromatic carbocycles. The molecule has 2 heterocycles. The fraction of sp³-hybridized carbons (Fsp3) is 0.250. The number of aliphatic hydroxyl groups is 1. The summed E-state index contributed by atoms with van der Waals surface area (Å²) in [6.45, 7) is -2.03. The number of furan rings is 1. The molecular weight excluding hydrogens is 358 g/mol. The molecule has 6 nitrogen and oxygen atoms in total. The molecule has 1 N–H and O–H groups in total. The Bertz CT molecular complexity index is 889. The first-order valence-corrected chi connectivity index (χ1v) is 7.43. The van der Waals surface area contributed by atoms with Gasteiger partial charge in [-0.1, -0.05) is 6.07 Å². The molecule has 0 aliphatic heterocycles. The number of hydrogen-bond acceptors (Lipinski definition) is 5. The van der Waals surface area contributed by atoms with Crippen LogP contribution in [0.4, 0.5) is 17.6 Å². The Morgan fingerprint density at radius 3 is 2.65 bits per heavy atom. The largest absolute Gasteiger partial charge is 0.485 e. The van der Waals surface area contributed by atoms with Crippen LogP contribution < -0.4 is 4.74 Å². The number of nitrogens with zero attached hydrogens (tertiary/aromatic N) is 3. The highest BCUT2D eigenvalue weighted by molar-refractivity contribution is 5.47. The number of halogens is 4. The highest BCUT2D eigenvalue weighted by atomic mass is 19.4. The van der Waals surface area contributed by atoms with E-state index in [-0.39, 0.29) is 35.5 Å². The van der Waals surface area contributed by atoms with Gasteiger partial charge < -0.3 is 14.3 Å². The Morgan fingerprint density at radius 1 is 1.19 bits per heavy atom. The molecular formula is C16H13F4N3O3. The van der Waals surface area contributed by atoms with Crippen LogP contribution >= 0.6 is 0 Å². The van der Waals surface area contributed by atoms with Crippen molar-refractivity contribution in [3.05, 3.63) is 53.8 Å². The predicted octanol–water partition coefficient (Wildman–Crippen LogP) is 3.31. The molecule has 0 aliphatic carbocycles. The lowest BCUT2D eigenvalue weighted by atomic mass is 10.3. The molecule has 3 aromatic rings. The van der Waals surface area contributed by atoms with E-state index in [2.05, 4.69) is 10.1 Å². The number of benzene rings is 1. The molecule has 3 rings (SSSR count). The van der Waals surface area contributed by atoms with Gasteiger partial charge >= 0.3 is 6.18 Å². The number of aromatic nitrogens is 3. The van der Waals surface area contributed by atoms with E-state index in [1.54, 1.807) is 0 Å². The summed E-state index contributed by atoms with van der Waals surface area (Å²) >= 11 is 0. The van der Waals surface area contributed by atoms with Crippen molar-refractivity contribution in [1.82, 2.24) is 14.8 Å². The first kappa shape index (κ1) is 17.9. The van der Waals surface area contributed by atoms with E-state index in [0.29, 0.717) is 4.68 Å². The van der Waals surface area contributed by atoms with Gasteiger partial charge in [0.15, 0.2) is 17.4 Å². The molecule has 0 unspecified atom stereocenters. The summed E-state index contributed by atoms with van der Waals surface area (Å²) in [5, 5.41) is 12.8. The van der Waals surface area contributed by atoms with Gasteiger partial charge in [0.2, 0.25) is 0 Å². The quantitative estimate of drug-likeness (QED) is 0.673. The zero-order valence-electron chi connectivity index (χ0n) is 13.2. The standard InChI is InChI=1S/C16H13F4N3O3/c17-10-2-1-3-11(6-10)25-8-14-21-15(13-5-4-12(7-24)26-13)23(22-14)9-16(18,19)20/h1-6,24H,7-9H2. The van der Waals surface area contributed by atoms with Crippen molar-refractivity contribution in [2.24, 2.45) is 0 Å². The van der Waals surface area contributed by atoms with Crippen molar-refractivity contribution < 1.29 is 31.8 Å². The average Bonchev–Trinajstić information content (AvgIpc) is 3.18. The summed E-state index contributed by atoms with van der Waals surface area (Å²) in [6, 6.07) is 8.11. The van der Waals surface area contributed by atoms with Gasteiger partial charge in [0.05, 0.1) is 0 Å². The lowest BCUT2D eigenvalue weighted by molar-refractivity contribution is -0.142. The van der Waals surface area contributed by atoms with E-state index in [4.69, 9.17) is 14.3 Å². The second-order valence-corrected chi connectivity index (χ2v) is 5.29. The van der Waals surface area contributed by atoms with Gasteiger partial charge in [-0.3, -0.25) is 0 Å². The van der Waals surface area contributed by atoms with Gasteiger partial charge in [-0.2, -0.15) is 18.3 Å². The molecule has 26 heavy (non-hydrogen) atoms. The molecule has 0 atom stereocenters. The summed E-state index contributed by atoms with van der Waals surface area (Å²) < 4.78 is 62.7. The van der Waals surface area contributed by atoms with Crippen molar-refractivity contribution in [2.45, 2.75) is 25.9 Å². The zero-order valence-corrected chi connectivity index (χ0v) is 13.2. The van der Waals surface area contributed by atoms with Crippen LogP contribution in [0.2, 0.25) is 0 Å². The summed E-state index contributed by atoms with van der Waals surface area (Å²) in [5.74, 6) is -0.289. The van der Waals surface area contributed by atoms with Gasteiger partial charge in [-0.25, -0.2) is 14.1 Å². The van der Waals surface area contributed by atoms with Crippen molar-refractivity contribution in [1.29, 1.82) is 0 Å². The van der Waals surface area contributed by atoms with Crippen LogP contribution in [0.15, 0.2) is 40.8 Å². The highest BCUT2D eigenvalue weighted by Crippen LogP contribution is 2.25. The summed E-state index contributed by atoms with van der Waals surface area (Å²) in [7, 11) is 0. The molecule has 0 saturated carbocycles. The molecule has 0 aliphatic rings. The Labute approximate surface area is 144 Å². The third kappa shape index (κ3) is 4.39. The molecule has 0 amide bonds. The Kier molecular flexibility index (Phi) is 4.94. The second kappa shape index (κ2) is 7.16. The first-order valence-electron chi connectivity index (χ1n) is 7.43. The first-order chi connectivity index (χ1) is 12.3. The minimum Gasteiger partial charge on any atom is -0.485 e. The molecule has 0 fully saturated rings. The number of aliphatic hydroxyl groups excluding tert-OH is 1. The van der Waals surface area contributed by atoms with E-state index in [9.17, 15) is 17.6 Å². The normalized spacial score (nSPS) is 11.7. The van der Waals surface area contributed by atoms with E-state index in [0.717, 1.165) is 6.07 Å². The molecule has 0 bridgehead atoms. The fourth-order valence-electron chi connectivity index (χ4n) is 2.20. The van der Waals surface area contributed by atoms with Gasteiger partial charge in [-0.05, 0) is 24.3 Å². The molecule has 138 valence electrons. The summed E-state index contributed by atoms with van der Waals surface area (Å²) in [5.41, 5.74) is 0. The Balaban J connectivity index is 1.85. The van der Waals surface area contributed by atoms with Crippen LogP contribution in [0.5, 0.6) is 5.75 Å². The average molecular weight is 371 g/mol. The lowest BCUT2D eigenvalue weighted by Gasteiger charge is -2.07. The number of hydrogen-bond donors (Lipinski definition) is 1. The maximum atomic E-state index is 13.1. The predicted molar refractivity (Wildman–Crippen MR) is 80.4 cm³/mol. The zero-order chi connectivity index (χ0) is 18.7. The number of ether oxygens (including phenoxy) is 1. The maximum Gasteiger partial charge on any atom is 0.408 e. The van der Waals surface area contributed by atoms with Crippen molar-refractivity contribution in [3.8, 4) is 17.3 Å². The molecule has 0 saturated heterocycles. The molecule has 0 radical (unpaired) electrons. The van der Waals surface area contributed by atoms with Crippen LogP contribution in [0.1, 0.15) is 11.6 Å². The van der Waals surface area contributed by atoms with Crippen LogP contribution in [0.3, 0.4) is 0 Å². The Hall–Kier alpha value is -2.88. The number of alkyl halides is 3.